The Morgan fingerprint density at radius 3 is 1.57 bits per heavy atom. The summed E-state index contributed by atoms with van der Waals surface area (Å²) in [6, 6.07) is 3.71. The predicted molar refractivity (Wildman–Crippen MR) is 195 cm³/mol. The van der Waals surface area contributed by atoms with Crippen molar-refractivity contribution in [3.05, 3.63) is 47.3 Å². The number of alkyl halides is 3. The zero-order valence-electron chi connectivity index (χ0n) is 33.6. The van der Waals surface area contributed by atoms with Crippen molar-refractivity contribution in [1.29, 1.82) is 0 Å². The summed E-state index contributed by atoms with van der Waals surface area (Å²) in [5.41, 5.74) is -0.114. The number of allylic oxidation sites excluding steroid dienone is 2. The van der Waals surface area contributed by atoms with Gasteiger partial charge in [-0.2, -0.15) is 13.2 Å². The van der Waals surface area contributed by atoms with E-state index in [1.807, 2.05) is 108 Å². The van der Waals surface area contributed by atoms with Gasteiger partial charge in [0, 0.05) is 0 Å². The summed E-state index contributed by atoms with van der Waals surface area (Å²) < 4.78 is 51.3. The number of ether oxygens (including phenoxy) is 2. The van der Waals surface area contributed by atoms with Crippen molar-refractivity contribution >= 4 is 0 Å². The Hall–Kier alpha value is -1.97. The Bertz CT molecular complexity index is 815. The molecule has 1 rings (SSSR count). The quantitative estimate of drug-likeness (QED) is 0.179. The Kier molecular flexibility index (Phi) is 44.9. The van der Waals surface area contributed by atoms with Gasteiger partial charge in [0.05, 0.1) is 19.6 Å². The van der Waals surface area contributed by atoms with Gasteiger partial charge in [-0.05, 0) is 82.6 Å². The second-order valence-corrected chi connectivity index (χ2v) is 10.2. The van der Waals surface area contributed by atoms with E-state index in [0.29, 0.717) is 30.5 Å². The number of aliphatic hydroxyl groups is 3. The molecular weight excluding hydrogens is 609 g/mol. The van der Waals surface area contributed by atoms with Gasteiger partial charge in [-0.25, -0.2) is 0 Å². The summed E-state index contributed by atoms with van der Waals surface area (Å²) in [5, 5.41) is 28.8. The van der Waals surface area contributed by atoms with E-state index < -0.39 is 30.9 Å². The Balaban J connectivity index is -0.000000121. The lowest BCUT2D eigenvalue weighted by atomic mass is 9.83. The highest BCUT2D eigenvalue weighted by molar-refractivity contribution is 5.08. The van der Waals surface area contributed by atoms with Crippen LogP contribution in [0.2, 0.25) is 0 Å². The lowest BCUT2D eigenvalue weighted by Crippen LogP contribution is -2.31. The molecule has 6 nitrogen and oxygen atoms in total. The van der Waals surface area contributed by atoms with Crippen LogP contribution < -0.4 is 0 Å². The molecule has 0 bridgehead atoms. The molecule has 0 fully saturated rings. The van der Waals surface area contributed by atoms with Gasteiger partial charge in [0.25, 0.3) is 0 Å². The van der Waals surface area contributed by atoms with Gasteiger partial charge < -0.3 is 29.2 Å². The number of aryl methyl sites for hydroxylation is 1. The zero-order valence-corrected chi connectivity index (χ0v) is 33.6. The standard InChI is InChI=1S/C11H22O2.C10H16O2.C9H15F3O2.4C2H6/c1-6-9(13-8-3)10(12)11(4,5)7-2;1-7(2)6-9(11)10-5-4-8(3)12-10;1-3-5-8(14-4-2)7(13)6-9(10,11)12;4*1-2/h6,10,12H,7-8H2,1-5H3;4-5,7,9,11H,6H2,1-3H3;5,7,13H,3-4,6H2,1-2H3;4*1-2H3/b9-6-;;8-5-;;;;. The molecule has 0 aromatic carbocycles. The second-order valence-electron chi connectivity index (χ2n) is 10.2. The minimum atomic E-state index is -4.37. The monoisotopic (exact) mass is 687 g/mol. The van der Waals surface area contributed by atoms with Crippen molar-refractivity contribution in [1.82, 2.24) is 0 Å². The molecule has 286 valence electrons. The van der Waals surface area contributed by atoms with Gasteiger partial charge >= 0.3 is 6.18 Å². The molecule has 1 heterocycles. The Labute approximate surface area is 288 Å². The number of halogens is 3. The average molecular weight is 687 g/mol. The summed E-state index contributed by atoms with van der Waals surface area (Å²) in [6.07, 6.45) is -2.65. The second kappa shape index (κ2) is 36.9. The minimum Gasteiger partial charge on any atom is -0.496 e. The molecule has 1 aromatic rings. The van der Waals surface area contributed by atoms with E-state index in [9.17, 15) is 28.5 Å². The third kappa shape index (κ3) is 33.7. The van der Waals surface area contributed by atoms with E-state index in [0.717, 1.165) is 18.6 Å². The molecule has 0 amide bonds. The molecule has 3 atom stereocenters. The van der Waals surface area contributed by atoms with Crippen LogP contribution in [0.25, 0.3) is 0 Å². The van der Waals surface area contributed by atoms with E-state index in [-0.39, 0.29) is 17.8 Å². The number of hydrogen-bond donors (Lipinski definition) is 3. The van der Waals surface area contributed by atoms with E-state index in [1.54, 1.807) is 13.8 Å². The van der Waals surface area contributed by atoms with Crippen molar-refractivity contribution in [2.75, 3.05) is 13.2 Å². The van der Waals surface area contributed by atoms with Crippen LogP contribution in [0.3, 0.4) is 0 Å². The summed E-state index contributed by atoms with van der Waals surface area (Å²) in [5.74, 6) is 2.72. The van der Waals surface area contributed by atoms with Gasteiger partial charge in [0.15, 0.2) is 0 Å². The van der Waals surface area contributed by atoms with Crippen LogP contribution in [0.4, 0.5) is 13.2 Å². The Morgan fingerprint density at radius 2 is 1.28 bits per heavy atom. The lowest BCUT2D eigenvalue weighted by molar-refractivity contribution is -0.153. The summed E-state index contributed by atoms with van der Waals surface area (Å²) in [6.45, 7) is 36.3. The highest BCUT2D eigenvalue weighted by Gasteiger charge is 2.33. The molecule has 3 unspecified atom stereocenters. The minimum absolute atomic E-state index is 0.00678. The molecule has 0 saturated carbocycles. The molecule has 0 aliphatic carbocycles. The third-order valence-electron chi connectivity index (χ3n) is 5.77. The molecular formula is C38H77F3O6. The average Bonchev–Trinajstić information content (AvgIpc) is 3.49. The van der Waals surface area contributed by atoms with E-state index >= 15 is 0 Å². The van der Waals surface area contributed by atoms with E-state index in [2.05, 4.69) is 20.8 Å². The molecule has 1 aromatic heterocycles. The van der Waals surface area contributed by atoms with Crippen LogP contribution >= 0.6 is 0 Å². The SMILES string of the molecule is C/C=C(\OCC)C(O)C(C)(C)CC.CC.CC.CC.CC.CC/C=C(\OCC)C(O)CC(F)(F)F.Cc1ccc(C(O)CC(C)C)o1. The first kappa shape index (κ1) is 57.3. The fraction of sp³-hybridized carbons (Fsp3) is 0.789. The van der Waals surface area contributed by atoms with Gasteiger partial charge in [0.1, 0.15) is 41.4 Å². The van der Waals surface area contributed by atoms with Gasteiger partial charge in [-0.1, -0.05) is 96.9 Å². The Morgan fingerprint density at radius 1 is 0.830 bits per heavy atom. The van der Waals surface area contributed by atoms with Crippen LogP contribution in [-0.2, 0) is 9.47 Å². The van der Waals surface area contributed by atoms with Crippen molar-refractivity contribution in [2.24, 2.45) is 11.3 Å². The van der Waals surface area contributed by atoms with Gasteiger partial charge in [-0.15, -0.1) is 0 Å². The molecule has 0 saturated heterocycles. The molecule has 0 aliphatic rings. The number of rotatable bonds is 13. The summed E-state index contributed by atoms with van der Waals surface area (Å²) in [4.78, 5) is 0. The van der Waals surface area contributed by atoms with Crippen LogP contribution in [0, 0.1) is 18.3 Å². The largest absolute Gasteiger partial charge is 0.496 e. The molecule has 3 N–H and O–H groups in total. The highest BCUT2D eigenvalue weighted by atomic mass is 19.4. The van der Waals surface area contributed by atoms with E-state index in [1.165, 1.54) is 6.08 Å². The van der Waals surface area contributed by atoms with Gasteiger partial charge in [-0.3, -0.25) is 0 Å². The first-order chi connectivity index (χ1) is 22.0. The van der Waals surface area contributed by atoms with Crippen molar-refractivity contribution < 1.29 is 42.4 Å². The molecule has 0 radical (unpaired) electrons. The first-order valence-corrected chi connectivity index (χ1v) is 17.8. The highest BCUT2D eigenvalue weighted by Crippen LogP contribution is 2.30. The molecule has 9 heteroatoms. The number of aliphatic hydroxyl groups excluding tert-OH is 3. The van der Waals surface area contributed by atoms with Crippen molar-refractivity contribution in [3.8, 4) is 0 Å². The normalized spacial score (nSPS) is 13.0. The maximum absolute atomic E-state index is 11.9. The smallest absolute Gasteiger partial charge is 0.392 e. The zero-order chi connectivity index (χ0) is 38.8. The first-order valence-electron chi connectivity index (χ1n) is 17.8. The lowest BCUT2D eigenvalue weighted by Gasteiger charge is -2.30. The number of hydrogen-bond acceptors (Lipinski definition) is 6. The third-order valence-corrected chi connectivity index (χ3v) is 5.77. The van der Waals surface area contributed by atoms with Crippen LogP contribution in [0.15, 0.2) is 40.2 Å². The fourth-order valence-corrected chi connectivity index (χ4v) is 3.24. The van der Waals surface area contributed by atoms with Gasteiger partial charge in [0.2, 0.25) is 0 Å². The van der Waals surface area contributed by atoms with Crippen molar-refractivity contribution in [2.45, 2.75) is 175 Å². The van der Waals surface area contributed by atoms with Crippen LogP contribution in [0.1, 0.15) is 161 Å². The van der Waals surface area contributed by atoms with E-state index in [4.69, 9.17) is 13.9 Å². The fourth-order valence-electron chi connectivity index (χ4n) is 3.24. The van der Waals surface area contributed by atoms with Crippen LogP contribution in [-0.4, -0.2) is 46.9 Å². The summed E-state index contributed by atoms with van der Waals surface area (Å²) in [7, 11) is 0. The van der Waals surface area contributed by atoms with Crippen molar-refractivity contribution in [3.63, 3.8) is 0 Å². The van der Waals surface area contributed by atoms with Crippen LogP contribution in [0.5, 0.6) is 0 Å². The molecule has 47 heavy (non-hydrogen) atoms. The molecule has 0 aliphatic heterocycles. The summed E-state index contributed by atoms with van der Waals surface area (Å²) >= 11 is 0. The maximum Gasteiger partial charge on any atom is 0.392 e. The molecule has 0 spiro atoms. The number of furan rings is 1. The maximum atomic E-state index is 11.9. The predicted octanol–water partition coefficient (Wildman–Crippen LogP) is 12.1. The topological polar surface area (TPSA) is 92.3 Å².